The second-order valence-electron chi connectivity index (χ2n) is 5.51. The van der Waals surface area contributed by atoms with Crippen molar-refractivity contribution in [3.8, 4) is 0 Å². The number of hydrogen-bond acceptors (Lipinski definition) is 4. The summed E-state index contributed by atoms with van der Waals surface area (Å²) in [5, 5.41) is 22.0. The number of aliphatic carboxylic acids is 1. The fraction of sp³-hybridized carbons (Fsp3) is 0.385. The fourth-order valence-corrected chi connectivity index (χ4v) is 1.97. The molecule has 0 saturated carbocycles. The first kappa shape index (κ1) is 16.9. The molecule has 21 heavy (non-hydrogen) atoms. The van der Waals surface area contributed by atoms with Gasteiger partial charge >= 0.3 is 5.97 Å². The van der Waals surface area contributed by atoms with E-state index in [4.69, 9.17) is 16.7 Å². The Morgan fingerprint density at radius 2 is 1.95 bits per heavy atom. The maximum Gasteiger partial charge on any atom is 0.326 e. The Bertz CT molecular complexity index is 595. The predicted octanol–water partition coefficient (Wildman–Crippen LogP) is 2.48. The van der Waals surface area contributed by atoms with Crippen LogP contribution in [0.3, 0.4) is 0 Å². The lowest BCUT2D eigenvalue weighted by atomic mass is 9.86. The van der Waals surface area contributed by atoms with Crippen LogP contribution in [-0.2, 0) is 4.79 Å². The summed E-state index contributed by atoms with van der Waals surface area (Å²) in [6.07, 6.45) is 0. The standard InChI is InChI=1S/C13H15ClN2O5/c1-13(2,3)10(12(18)19)15-11(17)7-5-4-6-8(9(7)14)16(20)21/h4-6,10H,1-3H3,(H,15,17)(H,18,19). The molecule has 1 unspecified atom stereocenters. The van der Waals surface area contributed by atoms with Crippen LogP contribution in [0.5, 0.6) is 0 Å². The lowest BCUT2D eigenvalue weighted by Crippen LogP contribution is -2.49. The summed E-state index contributed by atoms with van der Waals surface area (Å²) in [4.78, 5) is 33.4. The van der Waals surface area contributed by atoms with Gasteiger partial charge in [0.15, 0.2) is 0 Å². The zero-order valence-corrected chi connectivity index (χ0v) is 12.5. The molecule has 0 aliphatic carbocycles. The normalized spacial score (nSPS) is 12.6. The van der Waals surface area contributed by atoms with Gasteiger partial charge < -0.3 is 10.4 Å². The van der Waals surface area contributed by atoms with E-state index in [1.807, 2.05) is 0 Å². The zero-order chi connectivity index (χ0) is 16.4. The summed E-state index contributed by atoms with van der Waals surface area (Å²) >= 11 is 5.83. The molecule has 2 N–H and O–H groups in total. The smallest absolute Gasteiger partial charge is 0.326 e. The van der Waals surface area contributed by atoms with Crippen LogP contribution < -0.4 is 5.32 Å². The number of carbonyl (C=O) groups is 2. The summed E-state index contributed by atoms with van der Waals surface area (Å²) in [6.45, 7) is 4.96. The summed E-state index contributed by atoms with van der Waals surface area (Å²) in [7, 11) is 0. The molecule has 1 rings (SSSR count). The quantitative estimate of drug-likeness (QED) is 0.655. The molecule has 0 saturated heterocycles. The van der Waals surface area contributed by atoms with Crippen LogP contribution in [0, 0.1) is 15.5 Å². The van der Waals surface area contributed by atoms with Gasteiger partial charge in [-0.15, -0.1) is 0 Å². The van der Waals surface area contributed by atoms with Crippen molar-refractivity contribution in [1.29, 1.82) is 0 Å². The molecule has 8 heteroatoms. The molecule has 0 aliphatic rings. The first-order valence-electron chi connectivity index (χ1n) is 6.02. The van der Waals surface area contributed by atoms with Gasteiger partial charge in [-0.2, -0.15) is 0 Å². The number of benzene rings is 1. The van der Waals surface area contributed by atoms with Gasteiger partial charge in [-0.05, 0) is 11.5 Å². The highest BCUT2D eigenvalue weighted by molar-refractivity contribution is 6.35. The van der Waals surface area contributed by atoms with Crippen molar-refractivity contribution in [1.82, 2.24) is 5.32 Å². The number of carbonyl (C=O) groups excluding carboxylic acids is 1. The third-order valence-corrected chi connectivity index (χ3v) is 3.21. The molecule has 1 amide bonds. The molecule has 0 spiro atoms. The van der Waals surface area contributed by atoms with Crippen LogP contribution in [0.4, 0.5) is 5.69 Å². The van der Waals surface area contributed by atoms with Crippen LogP contribution >= 0.6 is 11.6 Å². The van der Waals surface area contributed by atoms with Crippen molar-refractivity contribution < 1.29 is 19.6 Å². The maximum absolute atomic E-state index is 12.1. The number of carboxylic acids is 1. The molecule has 0 bridgehead atoms. The van der Waals surface area contributed by atoms with E-state index in [1.165, 1.54) is 12.1 Å². The van der Waals surface area contributed by atoms with Gasteiger partial charge in [-0.1, -0.05) is 38.4 Å². The Labute approximate surface area is 126 Å². The Balaban J connectivity index is 3.13. The average molecular weight is 315 g/mol. The number of carboxylic acid groups (broad SMARTS) is 1. The molecule has 7 nitrogen and oxygen atoms in total. The summed E-state index contributed by atoms with van der Waals surface area (Å²) in [6, 6.07) is 2.62. The van der Waals surface area contributed by atoms with Gasteiger partial charge in [0, 0.05) is 6.07 Å². The molecule has 0 radical (unpaired) electrons. The molecule has 0 fully saturated rings. The van der Waals surface area contributed by atoms with E-state index in [0.29, 0.717) is 0 Å². The van der Waals surface area contributed by atoms with Gasteiger partial charge in [-0.3, -0.25) is 14.9 Å². The van der Waals surface area contributed by atoms with Gasteiger partial charge in [0.05, 0.1) is 10.5 Å². The topological polar surface area (TPSA) is 110 Å². The van der Waals surface area contributed by atoms with E-state index >= 15 is 0 Å². The van der Waals surface area contributed by atoms with E-state index in [0.717, 1.165) is 6.07 Å². The highest BCUT2D eigenvalue weighted by atomic mass is 35.5. The van der Waals surface area contributed by atoms with Gasteiger partial charge in [0.1, 0.15) is 11.1 Å². The van der Waals surface area contributed by atoms with Crippen LogP contribution in [0.25, 0.3) is 0 Å². The third kappa shape index (κ3) is 3.91. The Hall–Kier alpha value is -2.15. The molecule has 1 atom stereocenters. The predicted molar refractivity (Wildman–Crippen MR) is 76.5 cm³/mol. The van der Waals surface area contributed by atoms with Crippen molar-refractivity contribution in [3.05, 3.63) is 38.9 Å². The van der Waals surface area contributed by atoms with Gasteiger partial charge in [0.2, 0.25) is 0 Å². The monoisotopic (exact) mass is 314 g/mol. The largest absolute Gasteiger partial charge is 0.480 e. The van der Waals surface area contributed by atoms with Crippen LogP contribution in [0.1, 0.15) is 31.1 Å². The average Bonchev–Trinajstić information content (AvgIpc) is 2.33. The van der Waals surface area contributed by atoms with Crippen molar-refractivity contribution in [2.45, 2.75) is 26.8 Å². The zero-order valence-electron chi connectivity index (χ0n) is 11.7. The van der Waals surface area contributed by atoms with Crippen LogP contribution in [-0.4, -0.2) is 27.9 Å². The summed E-state index contributed by atoms with van der Waals surface area (Å²) in [5.41, 5.74) is -1.28. The van der Waals surface area contributed by atoms with Gasteiger partial charge in [0.25, 0.3) is 11.6 Å². The Morgan fingerprint density at radius 3 is 2.38 bits per heavy atom. The molecule has 1 aromatic carbocycles. The second kappa shape index (κ2) is 6.09. The molecular weight excluding hydrogens is 300 g/mol. The first-order valence-corrected chi connectivity index (χ1v) is 6.40. The maximum atomic E-state index is 12.1. The van der Waals surface area contributed by atoms with E-state index in [-0.39, 0.29) is 10.6 Å². The molecule has 0 aliphatic heterocycles. The first-order chi connectivity index (χ1) is 9.55. The highest BCUT2D eigenvalue weighted by Crippen LogP contribution is 2.28. The van der Waals surface area contributed by atoms with Gasteiger partial charge in [-0.25, -0.2) is 4.79 Å². The lowest BCUT2D eigenvalue weighted by Gasteiger charge is -2.27. The minimum atomic E-state index is -1.20. The molecule has 114 valence electrons. The molecular formula is C13H15ClN2O5. The SMILES string of the molecule is CC(C)(C)C(NC(=O)c1cccc([N+](=O)[O-])c1Cl)C(=O)O. The van der Waals surface area contributed by atoms with Crippen molar-refractivity contribution >= 4 is 29.2 Å². The van der Waals surface area contributed by atoms with Crippen molar-refractivity contribution in [3.63, 3.8) is 0 Å². The number of nitrogens with one attached hydrogen (secondary N) is 1. The summed E-state index contributed by atoms with van der Waals surface area (Å²) < 4.78 is 0. The molecule has 1 aromatic rings. The number of rotatable bonds is 4. The minimum absolute atomic E-state index is 0.138. The van der Waals surface area contributed by atoms with E-state index < -0.39 is 33.9 Å². The highest BCUT2D eigenvalue weighted by Gasteiger charge is 2.33. The number of nitrogens with zero attached hydrogens (tertiary/aromatic N) is 1. The minimum Gasteiger partial charge on any atom is -0.480 e. The van der Waals surface area contributed by atoms with Crippen LogP contribution in [0.15, 0.2) is 18.2 Å². The van der Waals surface area contributed by atoms with E-state index in [9.17, 15) is 19.7 Å². The van der Waals surface area contributed by atoms with Crippen molar-refractivity contribution in [2.75, 3.05) is 0 Å². The number of nitro benzene ring substituents is 1. The Kier molecular flexibility index (Phi) is 4.90. The second-order valence-corrected chi connectivity index (χ2v) is 5.88. The molecule has 0 heterocycles. The number of nitro groups is 1. The number of amides is 1. The molecule has 0 aromatic heterocycles. The number of hydrogen-bond donors (Lipinski definition) is 2. The van der Waals surface area contributed by atoms with E-state index in [2.05, 4.69) is 5.32 Å². The van der Waals surface area contributed by atoms with Crippen LogP contribution in [0.2, 0.25) is 5.02 Å². The van der Waals surface area contributed by atoms with Crippen molar-refractivity contribution in [2.24, 2.45) is 5.41 Å². The summed E-state index contributed by atoms with van der Waals surface area (Å²) in [5.74, 6) is -1.97. The fourth-order valence-electron chi connectivity index (χ4n) is 1.69. The lowest BCUT2D eigenvalue weighted by molar-refractivity contribution is -0.384. The van der Waals surface area contributed by atoms with E-state index in [1.54, 1.807) is 20.8 Å². The number of halogens is 1. The Morgan fingerprint density at radius 1 is 1.38 bits per heavy atom. The third-order valence-electron chi connectivity index (χ3n) is 2.81.